The van der Waals surface area contributed by atoms with E-state index in [9.17, 15) is 0 Å². The second-order valence-electron chi connectivity index (χ2n) is 5.68. The van der Waals surface area contributed by atoms with E-state index in [-0.39, 0.29) is 0 Å². The van der Waals surface area contributed by atoms with Crippen LogP contribution in [0.4, 0.5) is 0 Å². The van der Waals surface area contributed by atoms with Gasteiger partial charge in [-0.2, -0.15) is 10.2 Å². The van der Waals surface area contributed by atoms with Gasteiger partial charge in [-0.25, -0.2) is 4.68 Å². The molecule has 112 valence electrons. The molecule has 2 heterocycles. The molecular formula is C16H23N5. The fraction of sp³-hybridized carbons (Fsp3) is 0.562. The summed E-state index contributed by atoms with van der Waals surface area (Å²) < 4.78 is 1.97. The van der Waals surface area contributed by atoms with Crippen LogP contribution in [0.25, 0.3) is 5.82 Å². The van der Waals surface area contributed by atoms with Crippen molar-refractivity contribution in [3.63, 3.8) is 0 Å². The number of aryl methyl sites for hydroxylation is 2. The number of aromatic nitrogens is 4. The summed E-state index contributed by atoms with van der Waals surface area (Å²) in [6.45, 7) is 7.20. The van der Waals surface area contributed by atoms with Gasteiger partial charge in [-0.1, -0.05) is 13.8 Å². The standard InChI is InChI=1S/C16H23N5/c1-4-14-13(10-17-12-7-8-12)15(5-2)21(20-14)16-9-6-11(3)18-19-16/h6,9,12,17H,4-5,7-8,10H2,1-3H3. The minimum absolute atomic E-state index is 0.710. The van der Waals surface area contributed by atoms with E-state index < -0.39 is 0 Å². The third-order valence-corrected chi connectivity index (χ3v) is 3.99. The number of rotatable bonds is 6. The van der Waals surface area contributed by atoms with E-state index in [0.717, 1.165) is 30.9 Å². The molecule has 1 saturated carbocycles. The van der Waals surface area contributed by atoms with Crippen molar-refractivity contribution in [3.05, 3.63) is 34.8 Å². The highest BCUT2D eigenvalue weighted by Gasteiger charge is 2.23. The second-order valence-corrected chi connectivity index (χ2v) is 5.68. The van der Waals surface area contributed by atoms with Gasteiger partial charge < -0.3 is 5.32 Å². The minimum Gasteiger partial charge on any atom is -0.310 e. The highest BCUT2D eigenvalue weighted by molar-refractivity contribution is 5.33. The first-order chi connectivity index (χ1) is 10.2. The summed E-state index contributed by atoms with van der Waals surface area (Å²) in [5.41, 5.74) is 4.69. The Labute approximate surface area is 125 Å². The SMILES string of the molecule is CCc1nn(-c2ccc(C)nn2)c(CC)c1CNC1CC1. The minimum atomic E-state index is 0.710. The Kier molecular flexibility index (Phi) is 4.01. The number of nitrogens with one attached hydrogen (secondary N) is 1. The third kappa shape index (κ3) is 2.97. The van der Waals surface area contributed by atoms with Gasteiger partial charge in [0.2, 0.25) is 0 Å². The Morgan fingerprint density at radius 1 is 1.19 bits per heavy atom. The Morgan fingerprint density at radius 3 is 2.57 bits per heavy atom. The molecule has 1 fully saturated rings. The van der Waals surface area contributed by atoms with Gasteiger partial charge in [0, 0.05) is 18.2 Å². The van der Waals surface area contributed by atoms with Crippen molar-refractivity contribution in [2.75, 3.05) is 0 Å². The topological polar surface area (TPSA) is 55.6 Å². The summed E-state index contributed by atoms with van der Waals surface area (Å²) in [5, 5.41) is 16.8. The van der Waals surface area contributed by atoms with Crippen LogP contribution in [0.3, 0.4) is 0 Å². The molecule has 1 aliphatic rings. The first kappa shape index (κ1) is 14.2. The lowest BCUT2D eigenvalue weighted by molar-refractivity contribution is 0.676. The van der Waals surface area contributed by atoms with Crippen molar-refractivity contribution in [2.24, 2.45) is 0 Å². The van der Waals surface area contributed by atoms with E-state index in [1.54, 1.807) is 0 Å². The maximum atomic E-state index is 4.77. The fourth-order valence-electron chi connectivity index (χ4n) is 2.62. The predicted octanol–water partition coefficient (Wildman–Crippen LogP) is 2.35. The van der Waals surface area contributed by atoms with Crippen LogP contribution in [0.15, 0.2) is 12.1 Å². The van der Waals surface area contributed by atoms with Crippen LogP contribution >= 0.6 is 0 Å². The fourth-order valence-corrected chi connectivity index (χ4v) is 2.62. The lowest BCUT2D eigenvalue weighted by Crippen LogP contribution is -2.17. The molecule has 5 heteroatoms. The van der Waals surface area contributed by atoms with Crippen molar-refractivity contribution in [1.82, 2.24) is 25.3 Å². The molecule has 0 atom stereocenters. The van der Waals surface area contributed by atoms with E-state index >= 15 is 0 Å². The molecule has 0 aromatic carbocycles. The van der Waals surface area contributed by atoms with Crippen molar-refractivity contribution in [3.8, 4) is 5.82 Å². The quantitative estimate of drug-likeness (QED) is 0.885. The van der Waals surface area contributed by atoms with Gasteiger partial charge in [-0.15, -0.1) is 5.10 Å². The van der Waals surface area contributed by atoms with Gasteiger partial charge in [0.15, 0.2) is 5.82 Å². The van der Waals surface area contributed by atoms with Gasteiger partial charge in [-0.3, -0.25) is 0 Å². The third-order valence-electron chi connectivity index (χ3n) is 3.99. The molecule has 0 bridgehead atoms. The first-order valence-electron chi connectivity index (χ1n) is 7.86. The normalized spacial score (nSPS) is 14.6. The molecule has 0 amide bonds. The molecule has 2 aromatic heterocycles. The van der Waals surface area contributed by atoms with Crippen LogP contribution in [0.2, 0.25) is 0 Å². The molecule has 1 aliphatic carbocycles. The summed E-state index contributed by atoms with van der Waals surface area (Å²) in [5.74, 6) is 0.810. The van der Waals surface area contributed by atoms with Gasteiger partial charge in [0.25, 0.3) is 0 Å². The van der Waals surface area contributed by atoms with Crippen molar-refractivity contribution in [1.29, 1.82) is 0 Å². The number of nitrogens with zero attached hydrogens (tertiary/aromatic N) is 4. The lowest BCUT2D eigenvalue weighted by atomic mass is 10.1. The zero-order valence-corrected chi connectivity index (χ0v) is 13.1. The van der Waals surface area contributed by atoms with Crippen LogP contribution < -0.4 is 5.32 Å². The van der Waals surface area contributed by atoms with Crippen molar-refractivity contribution >= 4 is 0 Å². The number of hydrogen-bond donors (Lipinski definition) is 1. The van der Waals surface area contributed by atoms with Crippen LogP contribution in [0, 0.1) is 6.92 Å². The maximum Gasteiger partial charge on any atom is 0.175 e. The average molecular weight is 285 g/mol. The first-order valence-corrected chi connectivity index (χ1v) is 7.86. The van der Waals surface area contributed by atoms with Gasteiger partial charge in [0.1, 0.15) is 0 Å². The molecule has 3 rings (SSSR count). The van der Waals surface area contributed by atoms with Gasteiger partial charge in [0.05, 0.1) is 17.1 Å². The summed E-state index contributed by atoms with van der Waals surface area (Å²) >= 11 is 0. The second kappa shape index (κ2) is 5.93. The lowest BCUT2D eigenvalue weighted by Gasteiger charge is -2.08. The summed E-state index contributed by atoms with van der Waals surface area (Å²) in [7, 11) is 0. The molecule has 2 aromatic rings. The van der Waals surface area contributed by atoms with E-state index in [0.29, 0.717) is 6.04 Å². The molecule has 0 spiro atoms. The average Bonchev–Trinajstić information content (AvgIpc) is 3.26. The highest BCUT2D eigenvalue weighted by Crippen LogP contribution is 2.23. The van der Waals surface area contributed by atoms with Gasteiger partial charge >= 0.3 is 0 Å². The van der Waals surface area contributed by atoms with E-state index in [2.05, 4.69) is 29.4 Å². The maximum absolute atomic E-state index is 4.77. The summed E-state index contributed by atoms with van der Waals surface area (Å²) in [4.78, 5) is 0. The Bertz CT molecular complexity index is 610. The molecule has 0 radical (unpaired) electrons. The van der Waals surface area contributed by atoms with Crippen LogP contribution in [0.1, 0.15) is 49.3 Å². The predicted molar refractivity (Wildman–Crippen MR) is 82.5 cm³/mol. The monoisotopic (exact) mass is 285 g/mol. The smallest absolute Gasteiger partial charge is 0.175 e. The molecule has 0 saturated heterocycles. The van der Waals surface area contributed by atoms with E-state index in [4.69, 9.17) is 5.10 Å². The summed E-state index contributed by atoms with van der Waals surface area (Å²) in [6, 6.07) is 4.69. The largest absolute Gasteiger partial charge is 0.310 e. The van der Waals surface area contributed by atoms with Crippen LogP contribution in [-0.2, 0) is 19.4 Å². The molecular weight excluding hydrogens is 262 g/mol. The molecule has 5 nitrogen and oxygen atoms in total. The number of hydrogen-bond acceptors (Lipinski definition) is 4. The zero-order valence-electron chi connectivity index (χ0n) is 13.1. The van der Waals surface area contributed by atoms with E-state index in [1.807, 2.05) is 23.7 Å². The van der Waals surface area contributed by atoms with Gasteiger partial charge in [-0.05, 0) is 44.7 Å². The molecule has 0 unspecified atom stereocenters. The van der Waals surface area contributed by atoms with Crippen LogP contribution in [0.5, 0.6) is 0 Å². The summed E-state index contributed by atoms with van der Waals surface area (Å²) in [6.07, 6.45) is 4.51. The highest BCUT2D eigenvalue weighted by atomic mass is 15.4. The van der Waals surface area contributed by atoms with E-state index in [1.165, 1.54) is 29.8 Å². The van der Waals surface area contributed by atoms with Crippen LogP contribution in [-0.4, -0.2) is 26.0 Å². The zero-order chi connectivity index (χ0) is 14.8. The Hall–Kier alpha value is -1.75. The molecule has 21 heavy (non-hydrogen) atoms. The molecule has 0 aliphatic heterocycles. The Morgan fingerprint density at radius 2 is 2.00 bits per heavy atom. The Balaban J connectivity index is 1.96. The molecule has 1 N–H and O–H groups in total. The van der Waals surface area contributed by atoms with Crippen molar-refractivity contribution < 1.29 is 0 Å². The van der Waals surface area contributed by atoms with Crippen molar-refractivity contribution in [2.45, 2.75) is 59.0 Å².